The molecule has 0 saturated heterocycles. The van der Waals surface area contributed by atoms with Crippen LogP contribution in [0.15, 0.2) is 53.7 Å². The van der Waals surface area contributed by atoms with Gasteiger partial charge < -0.3 is 14.2 Å². The minimum atomic E-state index is -0.0517. The molecule has 0 radical (unpaired) electrons. The monoisotopic (exact) mass is 408 g/mol. The van der Waals surface area contributed by atoms with Gasteiger partial charge in [-0.05, 0) is 50.2 Å². The summed E-state index contributed by atoms with van der Waals surface area (Å²) in [7, 11) is 0. The molecule has 0 spiro atoms. The highest BCUT2D eigenvalue weighted by atomic mass is 32.2. The molecule has 0 atom stereocenters. The molecule has 0 fully saturated rings. The maximum atomic E-state index is 13.0. The molecule has 1 heterocycles. The number of amides is 1. The third-order valence-corrected chi connectivity index (χ3v) is 5.43. The van der Waals surface area contributed by atoms with Crippen molar-refractivity contribution < 1.29 is 9.53 Å². The second-order valence-corrected chi connectivity index (χ2v) is 7.24. The number of aromatic nitrogens is 2. The number of hydrogen-bond donors (Lipinski definition) is 0. The fourth-order valence-corrected chi connectivity index (χ4v) is 4.08. The SMILES string of the molecule is CCOc1ccc(N(CCC#N)C(=O)CSc2nc3ccccc3n2CC)cc1. The van der Waals surface area contributed by atoms with E-state index >= 15 is 0 Å². The molecule has 1 amide bonds. The lowest BCUT2D eigenvalue weighted by atomic mass is 10.2. The van der Waals surface area contributed by atoms with Crippen LogP contribution in [0.5, 0.6) is 5.75 Å². The lowest BCUT2D eigenvalue weighted by Gasteiger charge is -2.22. The number of aryl methyl sites for hydroxylation is 1. The van der Waals surface area contributed by atoms with Gasteiger partial charge in [-0.2, -0.15) is 5.26 Å². The van der Waals surface area contributed by atoms with Crippen LogP contribution in [0.2, 0.25) is 0 Å². The number of carbonyl (C=O) groups excluding carboxylic acids is 1. The molecule has 7 heteroatoms. The van der Waals surface area contributed by atoms with Gasteiger partial charge in [-0.3, -0.25) is 4.79 Å². The number of thioether (sulfide) groups is 1. The quantitative estimate of drug-likeness (QED) is 0.488. The molecule has 6 nitrogen and oxygen atoms in total. The zero-order valence-corrected chi connectivity index (χ0v) is 17.5. The topological polar surface area (TPSA) is 71.2 Å². The Kier molecular flexibility index (Phi) is 7.14. The zero-order valence-electron chi connectivity index (χ0n) is 16.7. The van der Waals surface area contributed by atoms with Crippen molar-refractivity contribution >= 4 is 34.4 Å². The maximum Gasteiger partial charge on any atom is 0.237 e. The lowest BCUT2D eigenvalue weighted by Crippen LogP contribution is -2.33. The van der Waals surface area contributed by atoms with Crippen LogP contribution >= 0.6 is 11.8 Å². The zero-order chi connectivity index (χ0) is 20.6. The molecule has 0 aliphatic carbocycles. The normalized spacial score (nSPS) is 10.7. The molecule has 0 aliphatic rings. The van der Waals surface area contributed by atoms with E-state index in [1.807, 2.05) is 55.5 Å². The molecule has 2 aromatic carbocycles. The molecule has 0 saturated carbocycles. The van der Waals surface area contributed by atoms with Gasteiger partial charge in [-0.1, -0.05) is 23.9 Å². The Bertz CT molecular complexity index is 1010. The maximum absolute atomic E-state index is 13.0. The van der Waals surface area contributed by atoms with Gasteiger partial charge in [0.2, 0.25) is 5.91 Å². The van der Waals surface area contributed by atoms with Gasteiger partial charge in [-0.15, -0.1) is 0 Å². The van der Waals surface area contributed by atoms with E-state index in [1.54, 1.807) is 4.90 Å². The lowest BCUT2D eigenvalue weighted by molar-refractivity contribution is -0.116. The van der Waals surface area contributed by atoms with E-state index in [4.69, 9.17) is 10.00 Å². The van der Waals surface area contributed by atoms with Gasteiger partial charge >= 0.3 is 0 Å². The van der Waals surface area contributed by atoms with Crippen molar-refractivity contribution in [2.24, 2.45) is 0 Å². The summed E-state index contributed by atoms with van der Waals surface area (Å²) in [4.78, 5) is 19.3. The van der Waals surface area contributed by atoms with Gasteiger partial charge in [0.1, 0.15) is 5.75 Å². The number of imidazole rings is 1. The van der Waals surface area contributed by atoms with Crippen molar-refractivity contribution in [3.63, 3.8) is 0 Å². The molecule has 29 heavy (non-hydrogen) atoms. The second kappa shape index (κ2) is 9.99. The fraction of sp³-hybridized carbons (Fsp3) is 0.318. The third kappa shape index (κ3) is 4.90. The number of carbonyl (C=O) groups is 1. The van der Waals surface area contributed by atoms with Gasteiger partial charge in [0.15, 0.2) is 5.16 Å². The Labute approximate surface area is 175 Å². The minimum absolute atomic E-state index is 0.0517. The summed E-state index contributed by atoms with van der Waals surface area (Å²) in [6.45, 7) is 5.73. The van der Waals surface area contributed by atoms with E-state index in [-0.39, 0.29) is 18.1 Å². The van der Waals surface area contributed by atoms with Gasteiger partial charge in [0.05, 0.1) is 35.9 Å². The van der Waals surface area contributed by atoms with Gasteiger partial charge in [-0.25, -0.2) is 4.98 Å². The summed E-state index contributed by atoms with van der Waals surface area (Å²) in [5.74, 6) is 0.959. The largest absolute Gasteiger partial charge is 0.494 e. The smallest absolute Gasteiger partial charge is 0.237 e. The van der Waals surface area contributed by atoms with E-state index in [2.05, 4.69) is 22.5 Å². The van der Waals surface area contributed by atoms with Crippen LogP contribution in [-0.4, -0.2) is 34.4 Å². The van der Waals surface area contributed by atoms with Crippen molar-refractivity contribution in [2.75, 3.05) is 23.8 Å². The molecular formula is C22H24N4O2S. The Balaban J connectivity index is 1.76. The van der Waals surface area contributed by atoms with E-state index in [1.165, 1.54) is 11.8 Å². The summed E-state index contributed by atoms with van der Waals surface area (Å²) in [5.41, 5.74) is 2.76. The van der Waals surface area contributed by atoms with Crippen molar-refractivity contribution in [1.82, 2.24) is 9.55 Å². The summed E-state index contributed by atoms with van der Waals surface area (Å²) in [5, 5.41) is 9.82. The van der Waals surface area contributed by atoms with Crippen molar-refractivity contribution in [2.45, 2.75) is 32.0 Å². The molecule has 0 bridgehead atoms. The third-order valence-electron chi connectivity index (χ3n) is 4.47. The van der Waals surface area contributed by atoms with Crippen LogP contribution in [0, 0.1) is 11.3 Å². The fourth-order valence-electron chi connectivity index (χ4n) is 3.12. The standard InChI is InChI=1S/C22H24N4O2S/c1-3-25-20-9-6-5-8-19(20)24-22(25)29-16-21(27)26(15-7-14-23)17-10-12-18(13-11-17)28-4-2/h5-6,8-13H,3-4,7,15-16H2,1-2H3. The molecule has 1 aromatic heterocycles. The molecule has 3 rings (SSSR count). The Morgan fingerprint density at radius 1 is 1.21 bits per heavy atom. The number of anilines is 1. The summed E-state index contributed by atoms with van der Waals surface area (Å²) in [6.07, 6.45) is 0.275. The molecule has 150 valence electrons. The van der Waals surface area contributed by atoms with Gasteiger partial charge in [0.25, 0.3) is 0 Å². The number of nitrogens with zero attached hydrogens (tertiary/aromatic N) is 4. The van der Waals surface area contributed by atoms with E-state index in [0.717, 1.165) is 34.2 Å². The first-order valence-corrected chi connectivity index (χ1v) is 10.6. The average Bonchev–Trinajstić information content (AvgIpc) is 3.11. The predicted molar refractivity (Wildman–Crippen MR) is 116 cm³/mol. The Morgan fingerprint density at radius 2 is 1.97 bits per heavy atom. The van der Waals surface area contributed by atoms with Crippen LogP contribution in [0.25, 0.3) is 11.0 Å². The van der Waals surface area contributed by atoms with Crippen molar-refractivity contribution in [1.29, 1.82) is 5.26 Å². The van der Waals surface area contributed by atoms with Crippen LogP contribution in [0.4, 0.5) is 5.69 Å². The highest BCUT2D eigenvalue weighted by Gasteiger charge is 2.18. The van der Waals surface area contributed by atoms with Crippen molar-refractivity contribution in [3.8, 4) is 11.8 Å². The first-order chi connectivity index (χ1) is 14.2. The Hall–Kier alpha value is -2.98. The van der Waals surface area contributed by atoms with Crippen LogP contribution in [0.3, 0.4) is 0 Å². The number of benzene rings is 2. The molecule has 3 aromatic rings. The summed E-state index contributed by atoms with van der Waals surface area (Å²) >= 11 is 1.43. The molecule has 0 N–H and O–H groups in total. The summed E-state index contributed by atoms with van der Waals surface area (Å²) in [6, 6.07) is 17.5. The molecular weight excluding hydrogens is 384 g/mol. The van der Waals surface area contributed by atoms with Crippen LogP contribution in [-0.2, 0) is 11.3 Å². The highest BCUT2D eigenvalue weighted by molar-refractivity contribution is 7.99. The Morgan fingerprint density at radius 3 is 2.66 bits per heavy atom. The number of hydrogen-bond acceptors (Lipinski definition) is 5. The molecule has 0 aliphatic heterocycles. The number of ether oxygens (including phenoxy) is 1. The average molecular weight is 409 g/mol. The predicted octanol–water partition coefficient (Wildman–Crippen LogP) is 4.49. The number of fused-ring (bicyclic) bond motifs is 1. The summed E-state index contributed by atoms with van der Waals surface area (Å²) < 4.78 is 7.59. The minimum Gasteiger partial charge on any atom is -0.494 e. The number of rotatable bonds is 9. The van der Waals surface area contributed by atoms with Crippen LogP contribution < -0.4 is 9.64 Å². The second-order valence-electron chi connectivity index (χ2n) is 6.30. The molecule has 0 unspecified atom stereocenters. The first kappa shape index (κ1) is 20.7. The number of nitriles is 1. The van der Waals surface area contributed by atoms with E-state index < -0.39 is 0 Å². The highest BCUT2D eigenvalue weighted by Crippen LogP contribution is 2.26. The van der Waals surface area contributed by atoms with Crippen molar-refractivity contribution in [3.05, 3.63) is 48.5 Å². The first-order valence-electron chi connectivity index (χ1n) is 9.66. The number of para-hydroxylation sites is 2. The van der Waals surface area contributed by atoms with E-state index in [0.29, 0.717) is 13.2 Å². The van der Waals surface area contributed by atoms with Gasteiger partial charge in [0, 0.05) is 18.8 Å². The van der Waals surface area contributed by atoms with Crippen LogP contribution in [0.1, 0.15) is 20.3 Å². The van der Waals surface area contributed by atoms with E-state index in [9.17, 15) is 4.79 Å².